The zero-order valence-electron chi connectivity index (χ0n) is 9.24. The Morgan fingerprint density at radius 1 is 1.60 bits per heavy atom. The molecule has 0 bridgehead atoms. The van der Waals surface area contributed by atoms with E-state index in [9.17, 15) is 9.90 Å². The average Bonchev–Trinajstić information content (AvgIpc) is 2.58. The Kier molecular flexibility index (Phi) is 2.98. The van der Waals surface area contributed by atoms with Gasteiger partial charge in [-0.15, -0.1) is 0 Å². The van der Waals surface area contributed by atoms with Crippen LogP contribution in [0.4, 0.5) is 0 Å². The van der Waals surface area contributed by atoms with Crippen LogP contribution in [0.15, 0.2) is 0 Å². The zero-order chi connectivity index (χ0) is 10.9. The van der Waals surface area contributed by atoms with E-state index in [-0.39, 0.29) is 17.6 Å². The number of β-amino-alcohol motifs (C(OH)–C–C–N with tert-alkyl or cyclic N) is 1. The lowest BCUT2D eigenvalue weighted by Crippen LogP contribution is -2.44. The molecule has 15 heavy (non-hydrogen) atoms. The predicted molar refractivity (Wildman–Crippen MR) is 55.4 cm³/mol. The number of carbonyl (C=O) groups is 1. The average molecular weight is 213 g/mol. The Bertz CT molecular complexity index is 245. The van der Waals surface area contributed by atoms with E-state index >= 15 is 0 Å². The van der Waals surface area contributed by atoms with E-state index in [1.807, 2.05) is 0 Å². The summed E-state index contributed by atoms with van der Waals surface area (Å²) in [5, 5.41) is 9.35. The second kappa shape index (κ2) is 4.10. The fourth-order valence-electron chi connectivity index (χ4n) is 2.38. The molecule has 1 atom stereocenters. The summed E-state index contributed by atoms with van der Waals surface area (Å²) in [6, 6.07) is 0. The Labute approximate surface area is 90.2 Å². The highest BCUT2D eigenvalue weighted by molar-refractivity contribution is 5.77. The summed E-state index contributed by atoms with van der Waals surface area (Å²) >= 11 is 0. The molecule has 4 heteroatoms. The van der Waals surface area contributed by atoms with E-state index in [0.717, 1.165) is 19.3 Å². The second-order valence-corrected chi connectivity index (χ2v) is 4.70. The van der Waals surface area contributed by atoms with Crippen molar-refractivity contribution in [1.82, 2.24) is 4.90 Å². The SMILES string of the molecule is COC1(CC(=O)N2CC[C@@H](O)C2)CCC1. The van der Waals surface area contributed by atoms with Gasteiger partial charge in [-0.1, -0.05) is 0 Å². The first-order valence-electron chi connectivity index (χ1n) is 5.66. The van der Waals surface area contributed by atoms with Crippen LogP contribution in [0.3, 0.4) is 0 Å². The molecule has 0 spiro atoms. The summed E-state index contributed by atoms with van der Waals surface area (Å²) in [4.78, 5) is 13.6. The Hall–Kier alpha value is -0.610. The van der Waals surface area contributed by atoms with Gasteiger partial charge in [0.25, 0.3) is 0 Å². The van der Waals surface area contributed by atoms with Gasteiger partial charge >= 0.3 is 0 Å². The van der Waals surface area contributed by atoms with Crippen LogP contribution in [0.25, 0.3) is 0 Å². The van der Waals surface area contributed by atoms with Crippen LogP contribution in [0, 0.1) is 0 Å². The van der Waals surface area contributed by atoms with Crippen LogP contribution < -0.4 is 0 Å². The molecular weight excluding hydrogens is 194 g/mol. The first-order valence-corrected chi connectivity index (χ1v) is 5.66. The summed E-state index contributed by atoms with van der Waals surface area (Å²) < 4.78 is 5.42. The topological polar surface area (TPSA) is 49.8 Å². The molecule has 0 aromatic carbocycles. The van der Waals surface area contributed by atoms with Crippen molar-refractivity contribution in [3.8, 4) is 0 Å². The van der Waals surface area contributed by atoms with Gasteiger partial charge in [-0.25, -0.2) is 0 Å². The quantitative estimate of drug-likeness (QED) is 0.744. The standard InChI is InChI=1S/C11H19NO3/c1-15-11(4-2-5-11)7-10(14)12-6-3-9(13)8-12/h9,13H,2-8H2,1H3/t9-/m1/s1. The van der Waals surface area contributed by atoms with Crippen LogP contribution in [0.2, 0.25) is 0 Å². The van der Waals surface area contributed by atoms with Crippen molar-refractivity contribution in [2.45, 2.75) is 43.8 Å². The van der Waals surface area contributed by atoms with Crippen molar-refractivity contribution >= 4 is 5.91 Å². The number of amides is 1. The smallest absolute Gasteiger partial charge is 0.225 e. The van der Waals surface area contributed by atoms with E-state index in [4.69, 9.17) is 4.74 Å². The molecule has 2 rings (SSSR count). The molecule has 0 radical (unpaired) electrons. The van der Waals surface area contributed by atoms with Crippen LogP contribution in [-0.4, -0.2) is 47.8 Å². The van der Waals surface area contributed by atoms with Crippen molar-refractivity contribution in [3.63, 3.8) is 0 Å². The summed E-state index contributed by atoms with van der Waals surface area (Å²) in [7, 11) is 1.69. The van der Waals surface area contributed by atoms with Gasteiger partial charge in [0.1, 0.15) is 0 Å². The van der Waals surface area contributed by atoms with Crippen molar-refractivity contribution < 1.29 is 14.6 Å². The summed E-state index contributed by atoms with van der Waals surface area (Å²) in [5.74, 6) is 0.133. The van der Waals surface area contributed by atoms with E-state index in [2.05, 4.69) is 0 Å². The Morgan fingerprint density at radius 3 is 2.73 bits per heavy atom. The lowest BCUT2D eigenvalue weighted by molar-refractivity contribution is -0.143. The van der Waals surface area contributed by atoms with Crippen molar-refractivity contribution in [3.05, 3.63) is 0 Å². The molecule has 1 N–H and O–H groups in total. The Balaban J connectivity index is 1.86. The number of likely N-dealkylation sites (tertiary alicyclic amines) is 1. The number of rotatable bonds is 3. The molecule has 0 aromatic heterocycles. The third-order valence-electron chi connectivity index (χ3n) is 3.69. The number of carbonyl (C=O) groups excluding carboxylic acids is 1. The molecule has 1 aliphatic carbocycles. The fourth-order valence-corrected chi connectivity index (χ4v) is 2.38. The van der Waals surface area contributed by atoms with Crippen LogP contribution >= 0.6 is 0 Å². The predicted octanol–water partition coefficient (Wildman–Crippen LogP) is 0.539. The summed E-state index contributed by atoms with van der Waals surface area (Å²) in [6.45, 7) is 1.19. The number of aliphatic hydroxyl groups excluding tert-OH is 1. The molecular formula is C11H19NO3. The molecule has 4 nitrogen and oxygen atoms in total. The van der Waals surface area contributed by atoms with Gasteiger partial charge in [0.05, 0.1) is 18.1 Å². The van der Waals surface area contributed by atoms with E-state index < -0.39 is 0 Å². The molecule has 1 heterocycles. The highest BCUT2D eigenvalue weighted by atomic mass is 16.5. The minimum atomic E-state index is -0.325. The maximum atomic E-state index is 11.9. The third kappa shape index (κ3) is 2.16. The fraction of sp³-hybridized carbons (Fsp3) is 0.909. The molecule has 1 saturated carbocycles. The van der Waals surface area contributed by atoms with Gasteiger partial charge < -0.3 is 14.7 Å². The molecule has 1 aliphatic heterocycles. The van der Waals surface area contributed by atoms with Gasteiger partial charge in [-0.2, -0.15) is 0 Å². The number of aliphatic hydroxyl groups is 1. The first-order chi connectivity index (χ1) is 7.15. The van der Waals surface area contributed by atoms with Crippen molar-refractivity contribution in [2.24, 2.45) is 0 Å². The van der Waals surface area contributed by atoms with Crippen molar-refractivity contribution in [2.75, 3.05) is 20.2 Å². The molecule has 1 saturated heterocycles. The molecule has 2 aliphatic rings. The maximum Gasteiger partial charge on any atom is 0.225 e. The highest BCUT2D eigenvalue weighted by Gasteiger charge is 2.40. The zero-order valence-corrected chi connectivity index (χ0v) is 9.24. The number of methoxy groups -OCH3 is 1. The second-order valence-electron chi connectivity index (χ2n) is 4.70. The van der Waals surface area contributed by atoms with Crippen LogP contribution in [-0.2, 0) is 9.53 Å². The van der Waals surface area contributed by atoms with Gasteiger partial charge in [0, 0.05) is 20.2 Å². The van der Waals surface area contributed by atoms with Gasteiger partial charge in [-0.05, 0) is 25.7 Å². The molecule has 1 amide bonds. The van der Waals surface area contributed by atoms with Gasteiger partial charge in [-0.3, -0.25) is 4.79 Å². The van der Waals surface area contributed by atoms with Gasteiger partial charge in [0.15, 0.2) is 0 Å². The number of hydrogen-bond acceptors (Lipinski definition) is 3. The number of nitrogens with zero attached hydrogens (tertiary/aromatic N) is 1. The minimum Gasteiger partial charge on any atom is -0.391 e. The third-order valence-corrected chi connectivity index (χ3v) is 3.69. The Morgan fingerprint density at radius 2 is 2.33 bits per heavy atom. The largest absolute Gasteiger partial charge is 0.391 e. The molecule has 86 valence electrons. The van der Waals surface area contributed by atoms with Crippen LogP contribution in [0.5, 0.6) is 0 Å². The number of hydrogen-bond donors (Lipinski definition) is 1. The molecule has 0 aromatic rings. The number of ether oxygens (including phenoxy) is 1. The molecule has 0 unspecified atom stereocenters. The van der Waals surface area contributed by atoms with E-state index in [0.29, 0.717) is 25.9 Å². The maximum absolute atomic E-state index is 11.9. The van der Waals surface area contributed by atoms with E-state index in [1.54, 1.807) is 12.0 Å². The van der Waals surface area contributed by atoms with Crippen molar-refractivity contribution in [1.29, 1.82) is 0 Å². The first kappa shape index (κ1) is 10.9. The summed E-state index contributed by atoms with van der Waals surface area (Å²) in [5.41, 5.74) is -0.190. The van der Waals surface area contributed by atoms with Crippen LogP contribution in [0.1, 0.15) is 32.1 Å². The lowest BCUT2D eigenvalue weighted by atomic mass is 9.77. The summed E-state index contributed by atoms with van der Waals surface area (Å²) in [6.07, 6.45) is 4.01. The lowest BCUT2D eigenvalue weighted by Gasteiger charge is -2.40. The monoisotopic (exact) mass is 213 g/mol. The normalized spacial score (nSPS) is 28.9. The van der Waals surface area contributed by atoms with E-state index in [1.165, 1.54) is 0 Å². The minimum absolute atomic E-state index is 0.133. The highest BCUT2D eigenvalue weighted by Crippen LogP contribution is 2.38. The molecule has 2 fully saturated rings. The van der Waals surface area contributed by atoms with Gasteiger partial charge in [0.2, 0.25) is 5.91 Å².